The van der Waals surface area contributed by atoms with Crippen LogP contribution in [0.4, 0.5) is 16.2 Å². The maximum atomic E-state index is 14.0. The van der Waals surface area contributed by atoms with E-state index in [1.807, 2.05) is 39.1 Å². The number of ether oxygens (including phenoxy) is 2. The first-order valence-electron chi connectivity index (χ1n) is 13.4. The molecule has 0 spiro atoms. The average Bonchev–Trinajstić information content (AvgIpc) is 2.90. The highest BCUT2D eigenvalue weighted by Crippen LogP contribution is 2.28. The van der Waals surface area contributed by atoms with Gasteiger partial charge in [0, 0.05) is 37.0 Å². The van der Waals surface area contributed by atoms with Gasteiger partial charge in [0.15, 0.2) is 0 Å². The van der Waals surface area contributed by atoms with E-state index in [1.165, 1.54) is 0 Å². The van der Waals surface area contributed by atoms with Gasteiger partial charge >= 0.3 is 6.03 Å². The van der Waals surface area contributed by atoms with Gasteiger partial charge in [-0.05, 0) is 70.5 Å². The fourth-order valence-electron chi connectivity index (χ4n) is 4.51. The number of aliphatic hydroxyl groups excluding tert-OH is 1. The number of amides is 3. The molecule has 0 aromatic heterocycles. The quantitative estimate of drug-likeness (QED) is 0.445. The number of carbonyl (C=O) groups is 2. The molecule has 4 atom stereocenters. The Balaban J connectivity index is 1.93. The Morgan fingerprint density at radius 1 is 1.11 bits per heavy atom. The van der Waals surface area contributed by atoms with Gasteiger partial charge in [-0.25, -0.2) is 4.79 Å². The number of urea groups is 1. The monoisotopic (exact) mass is 526 g/mol. The molecule has 3 rings (SSSR count). The lowest BCUT2D eigenvalue weighted by atomic mass is 10.0. The molecule has 1 aliphatic heterocycles. The van der Waals surface area contributed by atoms with Gasteiger partial charge in [-0.1, -0.05) is 25.1 Å². The summed E-state index contributed by atoms with van der Waals surface area (Å²) >= 11 is 0. The molecule has 9 nitrogen and oxygen atoms in total. The lowest BCUT2D eigenvalue weighted by Gasteiger charge is -2.34. The Labute approximate surface area is 225 Å². The number of anilines is 2. The van der Waals surface area contributed by atoms with Gasteiger partial charge in [-0.15, -0.1) is 0 Å². The maximum absolute atomic E-state index is 14.0. The van der Waals surface area contributed by atoms with Crippen molar-refractivity contribution in [1.82, 2.24) is 10.2 Å². The third-order valence-electron chi connectivity index (χ3n) is 6.75. The molecular formula is C29H42N4O5. The second kappa shape index (κ2) is 14.7. The van der Waals surface area contributed by atoms with E-state index in [2.05, 4.69) is 22.9 Å². The van der Waals surface area contributed by atoms with Crippen LogP contribution in [-0.4, -0.2) is 73.5 Å². The molecule has 4 N–H and O–H groups in total. The van der Waals surface area contributed by atoms with Crippen molar-refractivity contribution in [2.24, 2.45) is 5.92 Å². The first-order valence-corrected chi connectivity index (χ1v) is 13.4. The number of hydrogen-bond donors (Lipinski definition) is 4. The van der Waals surface area contributed by atoms with Crippen LogP contribution in [0.1, 0.15) is 50.4 Å². The number of benzene rings is 2. The summed E-state index contributed by atoms with van der Waals surface area (Å²) < 4.78 is 12.4. The first kappa shape index (κ1) is 29.4. The Bertz CT molecular complexity index is 1030. The summed E-state index contributed by atoms with van der Waals surface area (Å²) in [5, 5.41) is 18.8. The van der Waals surface area contributed by atoms with Crippen LogP contribution in [0.5, 0.6) is 5.75 Å². The van der Waals surface area contributed by atoms with Crippen LogP contribution in [-0.2, 0) is 4.74 Å². The molecule has 0 unspecified atom stereocenters. The highest BCUT2D eigenvalue weighted by Gasteiger charge is 2.29. The maximum Gasteiger partial charge on any atom is 0.323 e. The minimum Gasteiger partial charge on any atom is -0.490 e. The molecule has 2 aromatic rings. The standard InChI is InChI=1S/C29H42N4O5/c1-20-18-33(21(2)19-34)28(35)25-16-24(32-29(36)31-23-11-6-5-7-12-23)13-14-26(25)38-22(3)10-8-9-15-37-27(20)17-30-4/h5-7,11-14,16,20-22,27,30,34H,8-10,15,17-19H2,1-4H3,(H2,31,32,36)/t20-,21+,22-,27-/m0/s1. The van der Waals surface area contributed by atoms with Crippen LogP contribution in [0.25, 0.3) is 0 Å². The normalized spacial score (nSPS) is 22.0. The molecule has 2 aromatic carbocycles. The highest BCUT2D eigenvalue weighted by molar-refractivity contribution is 6.02. The minimum atomic E-state index is -0.420. The lowest BCUT2D eigenvalue weighted by molar-refractivity contribution is -0.000450. The van der Waals surface area contributed by atoms with Crippen molar-refractivity contribution in [1.29, 1.82) is 0 Å². The van der Waals surface area contributed by atoms with Crippen molar-refractivity contribution in [3.8, 4) is 5.75 Å². The van der Waals surface area contributed by atoms with Crippen molar-refractivity contribution >= 4 is 23.3 Å². The molecule has 208 valence electrons. The zero-order valence-corrected chi connectivity index (χ0v) is 22.9. The second-order valence-electron chi connectivity index (χ2n) is 10.0. The molecule has 0 fully saturated rings. The minimum absolute atomic E-state index is 0.0181. The Kier molecular flexibility index (Phi) is 11.4. The molecule has 0 aliphatic carbocycles. The molecule has 1 heterocycles. The summed E-state index contributed by atoms with van der Waals surface area (Å²) in [6.07, 6.45) is 2.49. The third kappa shape index (κ3) is 8.44. The Morgan fingerprint density at radius 2 is 1.84 bits per heavy atom. The second-order valence-corrected chi connectivity index (χ2v) is 10.0. The fraction of sp³-hybridized carbons (Fsp3) is 0.517. The Morgan fingerprint density at radius 3 is 2.55 bits per heavy atom. The van der Waals surface area contributed by atoms with Crippen LogP contribution in [0.3, 0.4) is 0 Å². The number of carbonyl (C=O) groups excluding carboxylic acids is 2. The molecule has 3 amide bonds. The third-order valence-corrected chi connectivity index (χ3v) is 6.75. The topological polar surface area (TPSA) is 112 Å². The summed E-state index contributed by atoms with van der Waals surface area (Å²) in [4.78, 5) is 28.3. The van der Waals surface area contributed by atoms with Crippen molar-refractivity contribution in [3.63, 3.8) is 0 Å². The molecule has 38 heavy (non-hydrogen) atoms. The zero-order valence-electron chi connectivity index (χ0n) is 22.9. The number of rotatable bonds is 6. The van der Waals surface area contributed by atoms with Gasteiger partial charge in [0.1, 0.15) is 5.75 Å². The molecular weight excluding hydrogens is 484 g/mol. The van der Waals surface area contributed by atoms with Crippen molar-refractivity contribution in [2.75, 3.05) is 44.0 Å². The molecule has 1 aliphatic rings. The van der Waals surface area contributed by atoms with E-state index in [1.54, 1.807) is 35.2 Å². The molecule has 0 radical (unpaired) electrons. The van der Waals surface area contributed by atoms with E-state index in [4.69, 9.17) is 9.47 Å². The number of fused-ring (bicyclic) bond motifs is 1. The summed E-state index contributed by atoms with van der Waals surface area (Å²) in [5.74, 6) is 0.206. The smallest absolute Gasteiger partial charge is 0.323 e. The molecule has 9 heteroatoms. The summed E-state index contributed by atoms with van der Waals surface area (Å²) in [6, 6.07) is 13.4. The Hall–Kier alpha value is -3.14. The SMILES string of the molecule is CNC[C@@H]1OCCCC[C@H](C)Oc2ccc(NC(=O)Nc3ccccc3)cc2C(=O)N([C@H](C)CO)C[C@@H]1C. The van der Waals surface area contributed by atoms with Crippen LogP contribution < -0.4 is 20.7 Å². The molecule has 0 saturated heterocycles. The predicted molar refractivity (Wildman–Crippen MR) is 150 cm³/mol. The largest absolute Gasteiger partial charge is 0.490 e. The summed E-state index contributed by atoms with van der Waals surface area (Å²) in [5.41, 5.74) is 1.46. The predicted octanol–water partition coefficient (Wildman–Crippen LogP) is 4.35. The molecule has 0 bridgehead atoms. The molecule has 0 saturated carbocycles. The fourth-order valence-corrected chi connectivity index (χ4v) is 4.51. The van der Waals surface area contributed by atoms with E-state index in [9.17, 15) is 14.7 Å². The number of nitrogens with one attached hydrogen (secondary N) is 3. The van der Waals surface area contributed by atoms with Crippen LogP contribution in [0.2, 0.25) is 0 Å². The van der Waals surface area contributed by atoms with E-state index < -0.39 is 12.1 Å². The number of hydrogen-bond acceptors (Lipinski definition) is 6. The van der Waals surface area contributed by atoms with E-state index in [0.717, 1.165) is 19.3 Å². The highest BCUT2D eigenvalue weighted by atomic mass is 16.5. The van der Waals surface area contributed by atoms with Gasteiger partial charge in [0.25, 0.3) is 5.91 Å². The van der Waals surface area contributed by atoms with Gasteiger partial charge in [0.2, 0.25) is 0 Å². The number of likely N-dealkylation sites (N-methyl/N-ethyl adjacent to an activating group) is 1. The number of para-hydroxylation sites is 1. The van der Waals surface area contributed by atoms with Crippen molar-refractivity contribution in [3.05, 3.63) is 54.1 Å². The van der Waals surface area contributed by atoms with Gasteiger partial charge in [-0.3, -0.25) is 4.79 Å². The van der Waals surface area contributed by atoms with Crippen LogP contribution in [0, 0.1) is 5.92 Å². The van der Waals surface area contributed by atoms with Gasteiger partial charge in [0.05, 0.1) is 30.4 Å². The van der Waals surface area contributed by atoms with Crippen molar-refractivity contribution in [2.45, 2.75) is 58.3 Å². The van der Waals surface area contributed by atoms with E-state index in [-0.39, 0.29) is 30.6 Å². The van der Waals surface area contributed by atoms with Crippen molar-refractivity contribution < 1.29 is 24.2 Å². The van der Waals surface area contributed by atoms with Gasteiger partial charge in [-0.2, -0.15) is 0 Å². The lowest BCUT2D eigenvalue weighted by Crippen LogP contribution is -2.47. The number of nitrogens with zero attached hydrogens (tertiary/aromatic N) is 1. The van der Waals surface area contributed by atoms with Gasteiger partial charge < -0.3 is 35.4 Å². The van der Waals surface area contributed by atoms with E-state index in [0.29, 0.717) is 42.4 Å². The van der Waals surface area contributed by atoms with Crippen LogP contribution >= 0.6 is 0 Å². The summed E-state index contributed by atoms with van der Waals surface area (Å²) in [7, 11) is 1.89. The van der Waals surface area contributed by atoms with E-state index >= 15 is 0 Å². The first-order chi connectivity index (χ1) is 18.3. The van der Waals surface area contributed by atoms with Crippen LogP contribution in [0.15, 0.2) is 48.5 Å². The zero-order chi connectivity index (χ0) is 27.5. The number of aliphatic hydroxyl groups is 1. The summed E-state index contributed by atoms with van der Waals surface area (Å²) in [6.45, 7) is 7.39. The average molecular weight is 527 g/mol.